The van der Waals surface area contributed by atoms with E-state index in [1.54, 1.807) is 0 Å². The number of nitrogens with one attached hydrogen (secondary N) is 1. The van der Waals surface area contributed by atoms with E-state index in [1.807, 2.05) is 0 Å². The maximum atomic E-state index is 12.3. The summed E-state index contributed by atoms with van der Waals surface area (Å²) < 4.78 is 0. The summed E-state index contributed by atoms with van der Waals surface area (Å²) in [7, 11) is 0. The summed E-state index contributed by atoms with van der Waals surface area (Å²) in [5.41, 5.74) is 6.07. The molecule has 1 aliphatic heterocycles. The SMILES string of the molecule is NCC1(CC(=O)NCC2CCN(C3CC3)C2)CCCCC1. The average Bonchev–Trinajstić information content (AvgIpc) is 3.25. The molecular formula is C17H31N3O. The third-order valence-corrected chi connectivity index (χ3v) is 5.85. The second-order valence-electron chi connectivity index (χ2n) is 7.63. The van der Waals surface area contributed by atoms with Crippen LogP contribution in [0.4, 0.5) is 0 Å². The number of nitrogens with zero attached hydrogens (tertiary/aromatic N) is 1. The van der Waals surface area contributed by atoms with Crippen LogP contribution in [-0.4, -0.2) is 43.0 Å². The fraction of sp³-hybridized carbons (Fsp3) is 0.941. The Morgan fingerprint density at radius 1 is 1.19 bits per heavy atom. The number of hydrogen-bond acceptors (Lipinski definition) is 3. The van der Waals surface area contributed by atoms with E-state index >= 15 is 0 Å². The topological polar surface area (TPSA) is 58.4 Å². The van der Waals surface area contributed by atoms with Crippen molar-refractivity contribution in [2.75, 3.05) is 26.2 Å². The molecule has 120 valence electrons. The van der Waals surface area contributed by atoms with E-state index in [9.17, 15) is 4.79 Å². The van der Waals surface area contributed by atoms with E-state index in [-0.39, 0.29) is 11.3 Å². The van der Waals surface area contributed by atoms with E-state index in [0.29, 0.717) is 18.9 Å². The minimum absolute atomic E-state index is 0.0953. The Bertz CT molecular complexity index is 361. The first kappa shape index (κ1) is 15.3. The zero-order valence-electron chi connectivity index (χ0n) is 13.3. The van der Waals surface area contributed by atoms with Gasteiger partial charge in [0.25, 0.3) is 0 Å². The molecule has 1 heterocycles. The third kappa shape index (κ3) is 3.98. The van der Waals surface area contributed by atoms with E-state index < -0.39 is 0 Å². The number of hydrogen-bond donors (Lipinski definition) is 2. The second-order valence-corrected chi connectivity index (χ2v) is 7.63. The minimum atomic E-state index is 0.0953. The molecule has 2 saturated carbocycles. The zero-order chi connectivity index (χ0) is 14.7. The number of amides is 1. The lowest BCUT2D eigenvalue weighted by Crippen LogP contribution is -2.40. The van der Waals surface area contributed by atoms with Gasteiger partial charge in [0.05, 0.1) is 0 Å². The lowest BCUT2D eigenvalue weighted by molar-refractivity contribution is -0.124. The maximum absolute atomic E-state index is 12.3. The van der Waals surface area contributed by atoms with Gasteiger partial charge in [-0.2, -0.15) is 0 Å². The van der Waals surface area contributed by atoms with Gasteiger partial charge in [-0.15, -0.1) is 0 Å². The molecule has 3 fully saturated rings. The minimum Gasteiger partial charge on any atom is -0.356 e. The number of rotatable bonds is 6. The summed E-state index contributed by atoms with van der Waals surface area (Å²) in [6.45, 7) is 3.95. The second kappa shape index (κ2) is 6.66. The van der Waals surface area contributed by atoms with Crippen molar-refractivity contribution in [2.24, 2.45) is 17.1 Å². The van der Waals surface area contributed by atoms with Crippen LogP contribution in [0.2, 0.25) is 0 Å². The van der Waals surface area contributed by atoms with Crippen LogP contribution in [0.25, 0.3) is 0 Å². The van der Waals surface area contributed by atoms with Crippen LogP contribution in [0.3, 0.4) is 0 Å². The molecule has 2 aliphatic carbocycles. The summed E-state index contributed by atoms with van der Waals surface area (Å²) >= 11 is 0. The molecule has 21 heavy (non-hydrogen) atoms. The lowest BCUT2D eigenvalue weighted by atomic mass is 9.71. The molecule has 3 aliphatic rings. The van der Waals surface area contributed by atoms with Gasteiger partial charge in [-0.25, -0.2) is 0 Å². The molecule has 3 N–H and O–H groups in total. The van der Waals surface area contributed by atoms with Gasteiger partial charge in [-0.1, -0.05) is 19.3 Å². The van der Waals surface area contributed by atoms with Crippen molar-refractivity contribution in [3.05, 3.63) is 0 Å². The quantitative estimate of drug-likeness (QED) is 0.786. The molecule has 4 nitrogen and oxygen atoms in total. The van der Waals surface area contributed by atoms with E-state index in [4.69, 9.17) is 5.73 Å². The molecule has 1 atom stereocenters. The molecule has 0 aromatic heterocycles. The largest absolute Gasteiger partial charge is 0.356 e. The smallest absolute Gasteiger partial charge is 0.220 e. The van der Waals surface area contributed by atoms with Crippen molar-refractivity contribution in [3.8, 4) is 0 Å². The summed E-state index contributed by atoms with van der Waals surface area (Å²) in [5, 5.41) is 3.19. The third-order valence-electron chi connectivity index (χ3n) is 5.85. The molecule has 1 amide bonds. The monoisotopic (exact) mass is 293 g/mol. The molecule has 1 unspecified atom stereocenters. The van der Waals surface area contributed by atoms with E-state index in [2.05, 4.69) is 10.2 Å². The Kier molecular flexibility index (Phi) is 4.85. The van der Waals surface area contributed by atoms with Gasteiger partial charge in [-0.3, -0.25) is 4.79 Å². The number of likely N-dealkylation sites (tertiary alicyclic amines) is 1. The molecule has 0 bridgehead atoms. The summed E-state index contributed by atoms with van der Waals surface area (Å²) in [6, 6.07) is 0.869. The molecule has 0 spiro atoms. The van der Waals surface area contributed by atoms with E-state index in [1.165, 1.54) is 51.6 Å². The van der Waals surface area contributed by atoms with Crippen molar-refractivity contribution < 1.29 is 4.79 Å². The van der Waals surface area contributed by atoms with Crippen molar-refractivity contribution in [1.29, 1.82) is 0 Å². The van der Waals surface area contributed by atoms with Crippen LogP contribution < -0.4 is 11.1 Å². The van der Waals surface area contributed by atoms with Crippen LogP contribution in [0.15, 0.2) is 0 Å². The first-order chi connectivity index (χ1) is 10.2. The Labute approximate surface area is 128 Å². The highest BCUT2D eigenvalue weighted by Gasteiger charge is 2.35. The highest BCUT2D eigenvalue weighted by molar-refractivity contribution is 5.76. The molecule has 3 rings (SSSR count). The van der Waals surface area contributed by atoms with Gasteiger partial charge in [0.15, 0.2) is 0 Å². The standard InChI is InChI=1S/C17H31N3O/c18-13-17(7-2-1-3-8-17)10-16(21)19-11-14-6-9-20(12-14)15-4-5-15/h14-15H,1-13,18H2,(H,19,21). The summed E-state index contributed by atoms with van der Waals surface area (Å²) in [5.74, 6) is 0.891. The van der Waals surface area contributed by atoms with Gasteiger partial charge in [0.1, 0.15) is 0 Å². The number of nitrogens with two attached hydrogens (primary N) is 1. The van der Waals surface area contributed by atoms with Gasteiger partial charge < -0.3 is 16.0 Å². The Balaban J connectivity index is 1.39. The van der Waals surface area contributed by atoms with Crippen molar-refractivity contribution >= 4 is 5.91 Å². The van der Waals surface area contributed by atoms with Crippen LogP contribution in [0, 0.1) is 11.3 Å². The molecular weight excluding hydrogens is 262 g/mol. The summed E-state index contributed by atoms with van der Waals surface area (Å²) in [6.07, 6.45) is 10.7. The summed E-state index contributed by atoms with van der Waals surface area (Å²) in [4.78, 5) is 14.9. The number of carbonyl (C=O) groups excluding carboxylic acids is 1. The van der Waals surface area contributed by atoms with Crippen LogP contribution in [0.5, 0.6) is 0 Å². The van der Waals surface area contributed by atoms with Gasteiger partial charge in [0.2, 0.25) is 5.91 Å². The van der Waals surface area contributed by atoms with Crippen molar-refractivity contribution in [3.63, 3.8) is 0 Å². The Morgan fingerprint density at radius 2 is 1.95 bits per heavy atom. The van der Waals surface area contributed by atoms with Crippen molar-refractivity contribution in [1.82, 2.24) is 10.2 Å². The van der Waals surface area contributed by atoms with E-state index in [0.717, 1.165) is 25.4 Å². The number of carbonyl (C=O) groups is 1. The fourth-order valence-corrected chi connectivity index (χ4v) is 4.22. The predicted molar refractivity (Wildman–Crippen MR) is 84.9 cm³/mol. The normalized spacial score (nSPS) is 29.5. The van der Waals surface area contributed by atoms with Crippen LogP contribution >= 0.6 is 0 Å². The first-order valence-electron chi connectivity index (χ1n) is 8.92. The van der Waals surface area contributed by atoms with Crippen molar-refractivity contribution in [2.45, 2.75) is 63.8 Å². The first-order valence-corrected chi connectivity index (χ1v) is 8.92. The molecule has 0 aromatic carbocycles. The van der Waals surface area contributed by atoms with Gasteiger partial charge >= 0.3 is 0 Å². The highest BCUT2D eigenvalue weighted by atomic mass is 16.1. The Morgan fingerprint density at radius 3 is 2.62 bits per heavy atom. The van der Waals surface area contributed by atoms with Gasteiger partial charge in [0, 0.05) is 25.6 Å². The Hall–Kier alpha value is -0.610. The zero-order valence-corrected chi connectivity index (χ0v) is 13.3. The lowest BCUT2D eigenvalue weighted by Gasteiger charge is -2.35. The maximum Gasteiger partial charge on any atom is 0.220 e. The molecule has 4 heteroatoms. The molecule has 0 radical (unpaired) electrons. The fourth-order valence-electron chi connectivity index (χ4n) is 4.22. The molecule has 1 saturated heterocycles. The van der Waals surface area contributed by atoms with Crippen LogP contribution in [0.1, 0.15) is 57.8 Å². The molecule has 0 aromatic rings. The van der Waals surface area contributed by atoms with Gasteiger partial charge in [-0.05, 0) is 56.5 Å². The van der Waals surface area contributed by atoms with Crippen LogP contribution in [-0.2, 0) is 4.79 Å². The predicted octanol–water partition coefficient (Wildman–Crippen LogP) is 1.89. The average molecular weight is 293 g/mol. The highest BCUT2D eigenvalue weighted by Crippen LogP contribution is 2.38.